The van der Waals surface area contributed by atoms with Gasteiger partial charge in [-0.2, -0.15) is 9.97 Å². The molecule has 0 unspecified atom stereocenters. The summed E-state index contributed by atoms with van der Waals surface area (Å²) in [5.74, 6) is 0.691. The topological polar surface area (TPSA) is 101 Å². The molecule has 4 rings (SSSR count). The number of sulfonamides is 1. The highest BCUT2D eigenvalue weighted by Crippen LogP contribution is 2.33. The quantitative estimate of drug-likeness (QED) is 0.601. The lowest BCUT2D eigenvalue weighted by Crippen LogP contribution is -2.44. The van der Waals surface area contributed by atoms with Gasteiger partial charge in [-0.3, -0.25) is 9.69 Å². The molecule has 1 aliphatic rings. The molecular weight excluding hydrogens is 428 g/mol. The Kier molecular flexibility index (Phi) is 5.84. The van der Waals surface area contributed by atoms with E-state index in [9.17, 15) is 13.2 Å². The highest BCUT2D eigenvalue weighted by atomic mass is 32.2. The first-order valence-electron chi connectivity index (χ1n) is 10.2. The van der Waals surface area contributed by atoms with E-state index in [1.54, 1.807) is 41.3 Å². The van der Waals surface area contributed by atoms with Gasteiger partial charge in [-0.05, 0) is 36.1 Å². The molecule has 1 fully saturated rings. The number of nitrogens with one attached hydrogen (secondary N) is 1. The van der Waals surface area contributed by atoms with Gasteiger partial charge < -0.3 is 4.74 Å². The maximum absolute atomic E-state index is 12.8. The van der Waals surface area contributed by atoms with Crippen molar-refractivity contribution in [1.82, 2.24) is 9.97 Å². The summed E-state index contributed by atoms with van der Waals surface area (Å²) in [6.45, 7) is 4.61. The first kappa shape index (κ1) is 21.8. The summed E-state index contributed by atoms with van der Waals surface area (Å²) in [5, 5.41) is 0. The minimum absolute atomic E-state index is 0.0782. The molecule has 3 aromatic rings. The summed E-state index contributed by atoms with van der Waals surface area (Å²) < 4.78 is 33.9. The number of benzene rings is 2. The predicted molar refractivity (Wildman–Crippen MR) is 121 cm³/mol. The van der Waals surface area contributed by atoms with Gasteiger partial charge in [0.05, 0.1) is 4.90 Å². The average Bonchev–Trinajstić information content (AvgIpc) is 2.76. The number of hydrogen-bond donors (Lipinski definition) is 1. The Morgan fingerprint density at radius 1 is 1.00 bits per heavy atom. The van der Waals surface area contributed by atoms with E-state index >= 15 is 0 Å². The number of amides is 1. The fourth-order valence-electron chi connectivity index (χ4n) is 3.42. The zero-order valence-corrected chi connectivity index (χ0v) is 18.7. The molecule has 1 N–H and O–H groups in total. The second-order valence-electron chi connectivity index (χ2n) is 8.37. The van der Waals surface area contributed by atoms with Crippen molar-refractivity contribution in [2.45, 2.75) is 31.6 Å². The number of para-hydroxylation sites is 1. The summed E-state index contributed by atoms with van der Waals surface area (Å²) in [5.41, 5.74) is -0.0942. The van der Waals surface area contributed by atoms with Crippen LogP contribution in [0.1, 0.15) is 26.7 Å². The number of carbonyl (C=O) groups excluding carboxylic acids is 1. The van der Waals surface area contributed by atoms with Gasteiger partial charge in [0.1, 0.15) is 11.6 Å². The van der Waals surface area contributed by atoms with Gasteiger partial charge >= 0.3 is 0 Å². The molecule has 9 heteroatoms. The van der Waals surface area contributed by atoms with Crippen molar-refractivity contribution in [1.29, 1.82) is 0 Å². The molecule has 1 aromatic heterocycles. The minimum atomic E-state index is -3.92. The van der Waals surface area contributed by atoms with Crippen molar-refractivity contribution in [3.63, 3.8) is 0 Å². The van der Waals surface area contributed by atoms with E-state index in [4.69, 9.17) is 4.74 Å². The summed E-state index contributed by atoms with van der Waals surface area (Å²) in [6, 6.07) is 18.5. The Morgan fingerprint density at radius 2 is 1.66 bits per heavy atom. The minimum Gasteiger partial charge on any atom is -0.439 e. The second kappa shape index (κ2) is 8.58. The van der Waals surface area contributed by atoms with Crippen LogP contribution in [-0.4, -0.2) is 30.8 Å². The third-order valence-electron chi connectivity index (χ3n) is 5.11. The molecule has 0 aliphatic carbocycles. The number of nitrogens with zero attached hydrogens (tertiary/aromatic N) is 3. The lowest BCUT2D eigenvalue weighted by atomic mass is 9.84. The van der Waals surface area contributed by atoms with Crippen LogP contribution in [0.2, 0.25) is 0 Å². The van der Waals surface area contributed by atoms with Crippen molar-refractivity contribution in [3.05, 3.63) is 66.7 Å². The lowest BCUT2D eigenvalue weighted by Gasteiger charge is -2.37. The Bertz CT molecular complexity index is 1220. The van der Waals surface area contributed by atoms with Crippen LogP contribution in [-0.2, 0) is 14.8 Å². The number of rotatable bonds is 6. The highest BCUT2D eigenvalue weighted by molar-refractivity contribution is 7.92. The third-order valence-corrected chi connectivity index (χ3v) is 6.46. The van der Waals surface area contributed by atoms with Gasteiger partial charge in [0.25, 0.3) is 10.0 Å². The van der Waals surface area contributed by atoms with Crippen LogP contribution in [0.4, 0.5) is 11.8 Å². The second-order valence-corrected chi connectivity index (χ2v) is 10.0. The molecule has 166 valence electrons. The number of aromatic nitrogens is 2. The Morgan fingerprint density at radius 3 is 2.34 bits per heavy atom. The molecule has 2 aromatic carbocycles. The summed E-state index contributed by atoms with van der Waals surface area (Å²) >= 11 is 0. The molecule has 1 aliphatic heterocycles. The van der Waals surface area contributed by atoms with Gasteiger partial charge in [0.2, 0.25) is 17.7 Å². The van der Waals surface area contributed by atoms with Gasteiger partial charge in [-0.1, -0.05) is 50.2 Å². The predicted octanol–water partition coefficient (Wildman–Crippen LogP) is 4.22. The largest absolute Gasteiger partial charge is 0.439 e. The van der Waals surface area contributed by atoms with E-state index in [1.165, 1.54) is 12.1 Å². The first-order chi connectivity index (χ1) is 15.2. The van der Waals surface area contributed by atoms with Crippen LogP contribution in [0, 0.1) is 5.41 Å². The van der Waals surface area contributed by atoms with E-state index in [-0.39, 0.29) is 33.9 Å². The fraction of sp³-hybridized carbons (Fsp3) is 0.261. The maximum atomic E-state index is 12.8. The van der Waals surface area contributed by atoms with E-state index < -0.39 is 10.0 Å². The molecule has 0 atom stereocenters. The monoisotopic (exact) mass is 452 g/mol. The fourth-order valence-corrected chi connectivity index (χ4v) is 4.39. The zero-order chi connectivity index (χ0) is 22.8. The number of anilines is 2. The molecule has 8 nitrogen and oxygen atoms in total. The van der Waals surface area contributed by atoms with Crippen LogP contribution in [0.15, 0.2) is 71.6 Å². The molecule has 1 saturated heterocycles. The van der Waals surface area contributed by atoms with Crippen molar-refractivity contribution in [2.75, 3.05) is 16.2 Å². The molecule has 0 radical (unpaired) electrons. The third kappa shape index (κ3) is 5.05. The molecule has 2 heterocycles. The molecule has 32 heavy (non-hydrogen) atoms. The smallest absolute Gasteiger partial charge is 0.264 e. The maximum Gasteiger partial charge on any atom is 0.264 e. The van der Waals surface area contributed by atoms with Gasteiger partial charge in [-0.25, -0.2) is 13.1 Å². The SMILES string of the molecule is CC1(C)CCC(=O)N(c2cc(Oc3ccccc3)nc(NS(=O)(=O)c3ccccc3)n2)C1. The van der Waals surface area contributed by atoms with E-state index in [0.29, 0.717) is 18.7 Å². The van der Waals surface area contributed by atoms with E-state index in [1.807, 2.05) is 18.2 Å². The molecule has 1 amide bonds. The molecule has 0 saturated carbocycles. The van der Waals surface area contributed by atoms with Crippen molar-refractivity contribution < 1.29 is 17.9 Å². The normalized spacial score (nSPS) is 15.9. The Balaban J connectivity index is 1.73. The van der Waals surface area contributed by atoms with Crippen molar-refractivity contribution >= 4 is 27.7 Å². The van der Waals surface area contributed by atoms with Gasteiger partial charge in [0, 0.05) is 19.0 Å². The average molecular weight is 453 g/mol. The lowest BCUT2D eigenvalue weighted by molar-refractivity contribution is -0.121. The standard InChI is InChI=1S/C23H24N4O4S/c1-23(2)14-13-21(28)27(16-23)19-15-20(31-17-9-5-3-6-10-17)25-22(24-19)26-32(29,30)18-11-7-4-8-12-18/h3-12,15H,13-14,16H2,1-2H3,(H,24,25,26). The summed E-state index contributed by atoms with van der Waals surface area (Å²) in [6.07, 6.45) is 1.16. The zero-order valence-electron chi connectivity index (χ0n) is 17.9. The number of ether oxygens (including phenoxy) is 1. The Labute approximate surface area is 187 Å². The van der Waals surface area contributed by atoms with Crippen LogP contribution in [0.25, 0.3) is 0 Å². The molecule has 0 bridgehead atoms. The van der Waals surface area contributed by atoms with Gasteiger partial charge in [0.15, 0.2) is 0 Å². The summed E-state index contributed by atoms with van der Waals surface area (Å²) in [4.78, 5) is 22.9. The van der Waals surface area contributed by atoms with E-state index in [2.05, 4.69) is 28.5 Å². The molecule has 0 spiro atoms. The molecular formula is C23H24N4O4S. The van der Waals surface area contributed by atoms with Crippen LogP contribution in [0.3, 0.4) is 0 Å². The Hall–Kier alpha value is -3.46. The number of piperidine rings is 1. The van der Waals surface area contributed by atoms with Crippen molar-refractivity contribution in [3.8, 4) is 11.6 Å². The highest BCUT2D eigenvalue weighted by Gasteiger charge is 2.33. The number of carbonyl (C=O) groups is 1. The summed E-state index contributed by atoms with van der Waals surface area (Å²) in [7, 11) is -3.92. The van der Waals surface area contributed by atoms with Crippen LogP contribution >= 0.6 is 0 Å². The van der Waals surface area contributed by atoms with Crippen molar-refractivity contribution in [2.24, 2.45) is 5.41 Å². The first-order valence-corrected chi connectivity index (χ1v) is 11.7. The van der Waals surface area contributed by atoms with Crippen LogP contribution < -0.4 is 14.4 Å². The van der Waals surface area contributed by atoms with E-state index in [0.717, 1.165) is 6.42 Å². The van der Waals surface area contributed by atoms with Crippen LogP contribution in [0.5, 0.6) is 11.6 Å². The number of hydrogen-bond acceptors (Lipinski definition) is 6. The van der Waals surface area contributed by atoms with Gasteiger partial charge in [-0.15, -0.1) is 0 Å².